The Labute approximate surface area is 277 Å². The lowest BCUT2D eigenvalue weighted by Crippen LogP contribution is -2.50. The largest absolute Gasteiger partial charge is 0.379 e. The summed E-state index contributed by atoms with van der Waals surface area (Å²) in [5.41, 5.74) is 6.35. The van der Waals surface area contributed by atoms with Gasteiger partial charge in [0.05, 0.1) is 35.4 Å². The second-order valence-corrected chi connectivity index (χ2v) is 13.2. The highest BCUT2D eigenvalue weighted by molar-refractivity contribution is 5.92. The molecule has 5 nitrogen and oxygen atoms in total. The third-order valence-corrected chi connectivity index (χ3v) is 9.42. The highest BCUT2D eigenvalue weighted by Gasteiger charge is 2.47. The summed E-state index contributed by atoms with van der Waals surface area (Å²) in [7, 11) is 0. The molecule has 1 aromatic rings. The maximum Gasteiger partial charge on any atom is 0.150 e. The first-order valence-electron chi connectivity index (χ1n) is 16.7. The number of rotatable bonds is 14. The first-order chi connectivity index (χ1) is 21.8. The van der Waals surface area contributed by atoms with Gasteiger partial charge in [0.1, 0.15) is 30.9 Å². The third-order valence-electron chi connectivity index (χ3n) is 9.42. The van der Waals surface area contributed by atoms with Gasteiger partial charge in [0, 0.05) is 30.7 Å². The predicted octanol–water partition coefficient (Wildman–Crippen LogP) is 8.97. The van der Waals surface area contributed by atoms with Crippen LogP contribution in [0.1, 0.15) is 90.8 Å². The molecule has 2 aliphatic heterocycles. The number of Topliss-reactive ketones (excluding diaryl/α,β-unsaturated/α-hetero) is 1. The van der Waals surface area contributed by atoms with Crippen molar-refractivity contribution in [2.45, 2.75) is 86.5 Å². The van der Waals surface area contributed by atoms with Gasteiger partial charge in [-0.15, -0.1) is 0 Å². The van der Waals surface area contributed by atoms with Crippen LogP contribution in [0.5, 0.6) is 0 Å². The van der Waals surface area contributed by atoms with Crippen LogP contribution in [0, 0.1) is 18.3 Å². The molecule has 0 saturated carbocycles. The summed E-state index contributed by atoms with van der Waals surface area (Å²) in [6.45, 7) is 27.5. The van der Waals surface area contributed by atoms with Gasteiger partial charge in [-0.1, -0.05) is 58.2 Å². The number of benzene rings is 1. The smallest absolute Gasteiger partial charge is 0.150 e. The fourth-order valence-electron chi connectivity index (χ4n) is 6.31. The standard InChI is InChI=1S/C40H55FN3O2/c1-11-15-36(35(41)14-4)43-32(9)31(8)37(42-20-12-2)24-29(6)33-16-17-34(30(7)23-33)40(38(45)28(5)13-3)18-21-44(22-19-40)25-39(10)26-46-27-39/h11,14-17,20,23-25,28,43H,4,6,12-13,18-19,21-22,26-27H2,1-3,5,7-10H3/q+1/b15-11-,32-31+,36-35-,37-24+,42-20?,44-25?. The highest BCUT2D eigenvalue weighted by Crippen LogP contribution is 2.41. The van der Waals surface area contributed by atoms with Crippen LogP contribution in [-0.2, 0) is 14.9 Å². The molecule has 0 aliphatic carbocycles. The van der Waals surface area contributed by atoms with E-state index in [9.17, 15) is 9.18 Å². The van der Waals surface area contributed by atoms with Crippen molar-refractivity contribution in [3.05, 3.63) is 101 Å². The molecule has 2 fully saturated rings. The third kappa shape index (κ3) is 8.58. The van der Waals surface area contributed by atoms with Crippen molar-refractivity contribution in [3.8, 4) is 0 Å². The van der Waals surface area contributed by atoms with Gasteiger partial charge in [-0.25, -0.2) is 8.97 Å². The Bertz CT molecular complexity index is 1490. The lowest BCUT2D eigenvalue weighted by molar-refractivity contribution is -0.540. The van der Waals surface area contributed by atoms with E-state index in [1.54, 1.807) is 12.2 Å². The van der Waals surface area contributed by atoms with Gasteiger partial charge in [0.15, 0.2) is 0 Å². The van der Waals surface area contributed by atoms with Gasteiger partial charge in [-0.3, -0.25) is 9.79 Å². The zero-order chi connectivity index (χ0) is 34.1. The minimum absolute atomic E-state index is 0.00113. The average Bonchev–Trinajstić information content (AvgIpc) is 3.04. The second-order valence-electron chi connectivity index (χ2n) is 13.2. The zero-order valence-electron chi connectivity index (χ0n) is 29.4. The molecule has 46 heavy (non-hydrogen) atoms. The Morgan fingerprint density at radius 3 is 2.41 bits per heavy atom. The van der Waals surface area contributed by atoms with Crippen LogP contribution in [0.25, 0.3) is 5.57 Å². The molecule has 2 saturated heterocycles. The van der Waals surface area contributed by atoms with Crippen molar-refractivity contribution in [3.63, 3.8) is 0 Å². The molecule has 3 rings (SSSR count). The summed E-state index contributed by atoms with van der Waals surface area (Å²) in [6, 6.07) is 6.40. The normalized spacial score (nSPS) is 21.8. The van der Waals surface area contributed by atoms with E-state index >= 15 is 0 Å². The van der Waals surface area contributed by atoms with Gasteiger partial charge in [-0.05, 0) is 93.5 Å². The maximum atomic E-state index is 14.4. The Balaban J connectivity index is 1.98. The van der Waals surface area contributed by atoms with Crippen LogP contribution in [0.3, 0.4) is 0 Å². The monoisotopic (exact) mass is 628 g/mol. The molecule has 0 amide bonds. The number of ketones is 1. The van der Waals surface area contributed by atoms with Crippen LogP contribution in [0.4, 0.5) is 4.39 Å². The van der Waals surface area contributed by atoms with Gasteiger partial charge in [0.2, 0.25) is 0 Å². The average molecular weight is 629 g/mol. The van der Waals surface area contributed by atoms with E-state index in [-0.39, 0.29) is 11.3 Å². The number of carbonyl (C=O) groups is 1. The van der Waals surface area contributed by atoms with Crippen LogP contribution in [-0.4, -0.2) is 49.1 Å². The van der Waals surface area contributed by atoms with E-state index < -0.39 is 11.2 Å². The second kappa shape index (κ2) is 16.3. The molecule has 2 heterocycles. The number of hydrogen-bond donors (Lipinski definition) is 1. The number of carbonyl (C=O) groups excluding carboxylic acids is 1. The van der Waals surface area contributed by atoms with Crippen molar-refractivity contribution in [2.75, 3.05) is 26.3 Å². The summed E-state index contributed by atoms with van der Waals surface area (Å²) in [4.78, 5) is 18.8. The summed E-state index contributed by atoms with van der Waals surface area (Å²) in [5.74, 6) is -0.0798. The summed E-state index contributed by atoms with van der Waals surface area (Å²) >= 11 is 0. The molecule has 1 N–H and O–H groups in total. The predicted molar refractivity (Wildman–Crippen MR) is 192 cm³/mol. The molecule has 1 aromatic carbocycles. The fourth-order valence-corrected chi connectivity index (χ4v) is 6.31. The molecule has 1 unspecified atom stereocenters. The summed E-state index contributed by atoms with van der Waals surface area (Å²) in [6.07, 6.45) is 14.0. The van der Waals surface area contributed by atoms with Crippen molar-refractivity contribution in [2.24, 2.45) is 16.3 Å². The number of ether oxygens (including phenoxy) is 1. The molecule has 248 valence electrons. The molecule has 0 aromatic heterocycles. The van der Waals surface area contributed by atoms with E-state index in [1.165, 1.54) is 6.08 Å². The van der Waals surface area contributed by atoms with Gasteiger partial charge >= 0.3 is 0 Å². The number of aliphatic imine (C=N–C) groups is 1. The van der Waals surface area contributed by atoms with Crippen LogP contribution in [0.15, 0.2) is 89.1 Å². The van der Waals surface area contributed by atoms with Gasteiger partial charge < -0.3 is 10.1 Å². The molecule has 2 aliphatic rings. The fraction of sp³-hybridized carbons (Fsp3) is 0.475. The molecular formula is C40H55FN3O2+. The van der Waals surface area contributed by atoms with E-state index in [1.807, 2.05) is 40.0 Å². The zero-order valence-corrected chi connectivity index (χ0v) is 29.4. The lowest BCUT2D eigenvalue weighted by Gasteiger charge is -2.39. The van der Waals surface area contributed by atoms with Gasteiger partial charge in [0.25, 0.3) is 0 Å². The van der Waals surface area contributed by atoms with Crippen LogP contribution in [0.2, 0.25) is 0 Å². The Morgan fingerprint density at radius 2 is 1.89 bits per heavy atom. The molecule has 1 atom stereocenters. The first-order valence-corrected chi connectivity index (χ1v) is 16.7. The van der Waals surface area contributed by atoms with Crippen molar-refractivity contribution >= 4 is 23.8 Å². The maximum absolute atomic E-state index is 14.4. The number of hydrogen-bond acceptors (Lipinski definition) is 4. The highest BCUT2D eigenvalue weighted by atomic mass is 19.1. The van der Waals surface area contributed by atoms with Crippen LogP contribution < -0.4 is 5.32 Å². The minimum atomic E-state index is -0.506. The van der Waals surface area contributed by atoms with E-state index in [2.05, 4.69) is 75.2 Å². The number of aryl methyl sites for hydroxylation is 1. The number of allylic oxidation sites excluding steroid dienone is 8. The van der Waals surface area contributed by atoms with Crippen molar-refractivity contribution in [1.29, 1.82) is 0 Å². The van der Waals surface area contributed by atoms with E-state index in [0.29, 0.717) is 11.5 Å². The molecular weight excluding hydrogens is 573 g/mol. The van der Waals surface area contributed by atoms with Crippen molar-refractivity contribution in [1.82, 2.24) is 5.32 Å². The Morgan fingerprint density at radius 1 is 1.22 bits per heavy atom. The molecule has 6 heteroatoms. The minimum Gasteiger partial charge on any atom is -0.379 e. The number of nitrogens with zero attached hydrogens (tertiary/aromatic N) is 2. The number of halogens is 1. The summed E-state index contributed by atoms with van der Waals surface area (Å²) < 4.78 is 22.3. The van der Waals surface area contributed by atoms with Crippen molar-refractivity contribution < 1.29 is 18.5 Å². The molecule has 0 spiro atoms. The SMILES string of the molecule is C=C/C(F)=C(\C=C/C)N/C(C)=C(C)/C(=C\C(=C)c1ccc(C2(C(=O)C(C)CC)CC[N+](=CC3(C)COC3)CC2)c(C)c1)N=CCC. The summed E-state index contributed by atoms with van der Waals surface area (Å²) in [5, 5.41) is 3.18. The Hall–Kier alpha value is -3.64. The lowest BCUT2D eigenvalue weighted by atomic mass is 9.65. The van der Waals surface area contributed by atoms with E-state index in [0.717, 1.165) is 91.2 Å². The topological polar surface area (TPSA) is 53.7 Å². The van der Waals surface area contributed by atoms with E-state index in [4.69, 9.17) is 9.73 Å². The number of nitrogens with one attached hydrogen (secondary N) is 1. The molecule has 0 bridgehead atoms. The van der Waals surface area contributed by atoms with Gasteiger partial charge in [-0.2, -0.15) is 0 Å². The molecule has 0 radical (unpaired) electrons. The number of piperidine rings is 1. The first kappa shape index (κ1) is 36.8. The quantitative estimate of drug-likeness (QED) is 0.127. The van der Waals surface area contributed by atoms with Crippen LogP contribution >= 0.6 is 0 Å². The Kier molecular flexibility index (Phi) is 13.0.